The topological polar surface area (TPSA) is 43.0 Å². The summed E-state index contributed by atoms with van der Waals surface area (Å²) in [5.74, 6) is 0.876. The molecule has 0 amide bonds. The van der Waals surface area contributed by atoms with E-state index < -0.39 is 0 Å². The van der Waals surface area contributed by atoms with Gasteiger partial charge in [-0.15, -0.1) is 0 Å². The van der Waals surface area contributed by atoms with Gasteiger partial charge in [0.2, 0.25) is 23.0 Å². The number of imidazole rings is 1. The second-order valence-electron chi connectivity index (χ2n) is 6.54. The van der Waals surface area contributed by atoms with Crippen molar-refractivity contribution in [1.82, 2.24) is 4.57 Å². The van der Waals surface area contributed by atoms with Gasteiger partial charge in [0.15, 0.2) is 0 Å². The maximum atomic E-state index is 13.1. The fraction of sp³-hybridized carbons (Fsp3) is 0.421. The van der Waals surface area contributed by atoms with Gasteiger partial charge in [-0.2, -0.15) is 0 Å². The van der Waals surface area contributed by atoms with Crippen LogP contribution in [0.5, 0.6) is 0 Å². The quantitative estimate of drug-likeness (QED) is 0.696. The third-order valence-electron chi connectivity index (χ3n) is 4.80. The van der Waals surface area contributed by atoms with E-state index in [1.165, 1.54) is 0 Å². The molecule has 0 bridgehead atoms. The Hall–Kier alpha value is -2.23. The molecule has 3 rings (SSSR count). The lowest BCUT2D eigenvalue weighted by molar-refractivity contribution is -0.726. The van der Waals surface area contributed by atoms with Crippen LogP contribution < -0.4 is 4.57 Å². The number of carbonyl (C=O) groups excluding carboxylic acids is 2. The minimum absolute atomic E-state index is 0.0435. The maximum absolute atomic E-state index is 13.1. The van der Waals surface area contributed by atoms with Gasteiger partial charge >= 0.3 is 0 Å². The highest BCUT2D eigenvalue weighted by Crippen LogP contribution is 2.30. The van der Waals surface area contributed by atoms with Crippen LogP contribution in [0.4, 0.5) is 0 Å². The second-order valence-corrected chi connectivity index (χ2v) is 6.54. The molecule has 1 aliphatic rings. The average molecular weight is 311 g/mol. The van der Waals surface area contributed by atoms with E-state index in [1.54, 1.807) is 12.1 Å². The Kier molecular flexibility index (Phi) is 3.71. The molecule has 1 aromatic carbocycles. The van der Waals surface area contributed by atoms with Crippen molar-refractivity contribution in [3.8, 4) is 0 Å². The maximum Gasteiger partial charge on any atom is 0.254 e. The summed E-state index contributed by atoms with van der Waals surface area (Å²) in [5, 5.41) is 0. The van der Waals surface area contributed by atoms with Crippen molar-refractivity contribution in [2.24, 2.45) is 0 Å². The Morgan fingerprint density at radius 1 is 1.04 bits per heavy atom. The van der Waals surface area contributed by atoms with Crippen molar-refractivity contribution in [3.05, 3.63) is 52.6 Å². The van der Waals surface area contributed by atoms with Gasteiger partial charge in [-0.25, -0.2) is 9.13 Å². The number of hydrogen-bond acceptors (Lipinski definition) is 2. The number of benzene rings is 1. The molecule has 0 N–H and O–H groups in total. The average Bonchev–Trinajstić information content (AvgIpc) is 2.85. The fourth-order valence-corrected chi connectivity index (χ4v) is 3.59. The highest BCUT2D eigenvalue weighted by Gasteiger charge is 2.44. The second kappa shape index (κ2) is 5.44. The highest BCUT2D eigenvalue weighted by molar-refractivity contribution is 6.26. The molecule has 1 aromatic heterocycles. The summed E-state index contributed by atoms with van der Waals surface area (Å²) in [6, 6.07) is 7.42. The van der Waals surface area contributed by atoms with Crippen LogP contribution in [0.2, 0.25) is 0 Å². The van der Waals surface area contributed by atoms with Gasteiger partial charge in [-0.05, 0) is 27.2 Å². The molecule has 0 radical (unpaired) electrons. The molecular formula is C19H23N2O2+. The van der Waals surface area contributed by atoms with Gasteiger partial charge in [0.25, 0.3) is 5.82 Å². The summed E-state index contributed by atoms with van der Waals surface area (Å²) < 4.78 is 4.06. The van der Waals surface area contributed by atoms with Crippen LogP contribution in [0, 0.1) is 6.92 Å². The normalized spacial score (nSPS) is 14.9. The Bertz CT molecular complexity index is 815. The molecule has 4 nitrogen and oxygen atoms in total. The van der Waals surface area contributed by atoms with Crippen molar-refractivity contribution in [1.29, 1.82) is 0 Å². The van der Waals surface area contributed by atoms with E-state index in [0.29, 0.717) is 22.5 Å². The zero-order chi connectivity index (χ0) is 16.9. The number of fused-ring (bicyclic) bond motifs is 2. The Morgan fingerprint density at radius 3 is 2.13 bits per heavy atom. The smallest absolute Gasteiger partial charge is 0.254 e. The van der Waals surface area contributed by atoms with E-state index in [2.05, 4.69) is 13.8 Å². The van der Waals surface area contributed by atoms with Crippen molar-refractivity contribution in [3.63, 3.8) is 0 Å². The van der Waals surface area contributed by atoms with E-state index in [1.807, 2.05) is 42.0 Å². The first-order valence-corrected chi connectivity index (χ1v) is 8.24. The third kappa shape index (κ3) is 2.08. The van der Waals surface area contributed by atoms with Gasteiger partial charge in [0.05, 0.1) is 12.1 Å². The van der Waals surface area contributed by atoms with Crippen LogP contribution in [-0.4, -0.2) is 16.1 Å². The molecule has 0 aliphatic heterocycles. The zero-order valence-electron chi connectivity index (χ0n) is 14.4. The van der Waals surface area contributed by atoms with E-state index >= 15 is 0 Å². The van der Waals surface area contributed by atoms with Crippen LogP contribution in [0.1, 0.15) is 84.1 Å². The molecule has 1 unspecified atom stereocenters. The summed E-state index contributed by atoms with van der Waals surface area (Å²) in [4.78, 5) is 26.2. The van der Waals surface area contributed by atoms with Crippen LogP contribution in [0.3, 0.4) is 0 Å². The standard InChI is InChI=1S/C19H23N2O2/c1-6-12(4)21-13(5)20(11(2)3)16-17(21)19(23)15-10-8-7-9-14(15)18(16)22/h7-12H,6H2,1-5H3/q+1. The van der Waals surface area contributed by atoms with Gasteiger partial charge in [0, 0.05) is 18.1 Å². The van der Waals surface area contributed by atoms with Gasteiger partial charge in [-0.1, -0.05) is 31.2 Å². The fourth-order valence-electron chi connectivity index (χ4n) is 3.59. The Morgan fingerprint density at radius 2 is 1.61 bits per heavy atom. The lowest BCUT2D eigenvalue weighted by atomic mass is 9.89. The predicted octanol–water partition coefficient (Wildman–Crippen LogP) is 3.41. The summed E-state index contributed by atoms with van der Waals surface area (Å²) in [5.41, 5.74) is 2.12. The van der Waals surface area contributed by atoms with Crippen molar-refractivity contribution in [2.45, 2.75) is 53.1 Å². The first-order chi connectivity index (χ1) is 10.9. The van der Waals surface area contributed by atoms with Crippen molar-refractivity contribution < 1.29 is 14.2 Å². The minimum Gasteiger partial charge on any atom is -0.284 e. The number of rotatable bonds is 3. The predicted molar refractivity (Wildman–Crippen MR) is 88.1 cm³/mol. The molecule has 2 aromatic rings. The molecule has 1 heterocycles. The van der Waals surface area contributed by atoms with Crippen LogP contribution in [-0.2, 0) is 0 Å². The molecule has 23 heavy (non-hydrogen) atoms. The van der Waals surface area contributed by atoms with Crippen molar-refractivity contribution >= 4 is 11.6 Å². The lowest BCUT2D eigenvalue weighted by Crippen LogP contribution is -2.45. The van der Waals surface area contributed by atoms with Gasteiger partial charge < -0.3 is 0 Å². The Labute approximate surface area is 136 Å². The first-order valence-electron chi connectivity index (χ1n) is 8.24. The van der Waals surface area contributed by atoms with Crippen LogP contribution in [0.25, 0.3) is 0 Å². The van der Waals surface area contributed by atoms with E-state index in [9.17, 15) is 9.59 Å². The number of carbonyl (C=O) groups is 2. The summed E-state index contributed by atoms with van der Waals surface area (Å²) in [6.45, 7) is 10.3. The largest absolute Gasteiger partial charge is 0.284 e. The van der Waals surface area contributed by atoms with Gasteiger partial charge in [-0.3, -0.25) is 9.59 Å². The SMILES string of the molecule is CCC(C)[n+]1c2c(n(C(C)C)c1C)C(=O)c1ccccc1C2=O. The number of nitrogens with zero attached hydrogens (tertiary/aromatic N) is 2. The molecule has 0 spiro atoms. The Balaban J connectivity index is 2.39. The number of aromatic nitrogens is 2. The van der Waals surface area contributed by atoms with E-state index in [0.717, 1.165) is 12.2 Å². The monoisotopic (exact) mass is 311 g/mol. The molecule has 0 fully saturated rings. The lowest BCUT2D eigenvalue weighted by Gasteiger charge is -2.14. The molecule has 120 valence electrons. The molecule has 4 heteroatoms. The third-order valence-corrected chi connectivity index (χ3v) is 4.80. The molecule has 1 aliphatic carbocycles. The summed E-state index contributed by atoms with van der Waals surface area (Å²) in [6.07, 6.45) is 0.906. The number of ketones is 2. The summed E-state index contributed by atoms with van der Waals surface area (Å²) >= 11 is 0. The molecule has 0 saturated carbocycles. The van der Waals surface area contributed by atoms with Gasteiger partial charge in [0.1, 0.15) is 0 Å². The minimum atomic E-state index is -0.0472. The van der Waals surface area contributed by atoms with Crippen LogP contribution in [0.15, 0.2) is 24.3 Å². The zero-order valence-corrected chi connectivity index (χ0v) is 14.4. The molecular weight excluding hydrogens is 288 g/mol. The van der Waals surface area contributed by atoms with Crippen molar-refractivity contribution in [2.75, 3.05) is 0 Å². The summed E-state index contributed by atoms with van der Waals surface area (Å²) in [7, 11) is 0. The first kappa shape index (κ1) is 15.7. The van der Waals surface area contributed by atoms with Crippen LogP contribution >= 0.6 is 0 Å². The van der Waals surface area contributed by atoms with E-state index in [-0.39, 0.29) is 23.7 Å². The molecule has 0 saturated heterocycles. The van der Waals surface area contributed by atoms with E-state index in [4.69, 9.17) is 0 Å². The molecule has 1 atom stereocenters. The number of hydrogen-bond donors (Lipinski definition) is 0. The highest BCUT2D eigenvalue weighted by atomic mass is 16.1.